The van der Waals surface area contributed by atoms with E-state index in [-0.39, 0.29) is 5.91 Å². The molecule has 156 valence electrons. The Hall–Kier alpha value is -1.92. The van der Waals surface area contributed by atoms with Gasteiger partial charge < -0.3 is 9.80 Å². The van der Waals surface area contributed by atoms with E-state index in [4.69, 9.17) is 0 Å². The molecule has 1 atom stereocenters. The third-order valence-electron chi connectivity index (χ3n) is 6.21. The second-order valence-corrected chi connectivity index (χ2v) is 9.47. The molecule has 0 saturated carbocycles. The molecule has 2 aromatic rings. The van der Waals surface area contributed by atoms with E-state index in [2.05, 4.69) is 59.8 Å². The number of aromatic nitrogens is 1. The van der Waals surface area contributed by atoms with Gasteiger partial charge in [0.2, 0.25) is 0 Å². The van der Waals surface area contributed by atoms with Crippen LogP contribution >= 0.6 is 11.3 Å². The summed E-state index contributed by atoms with van der Waals surface area (Å²) in [6.07, 6.45) is 2.26. The molecular weight excluding hydrogens is 380 g/mol. The highest BCUT2D eigenvalue weighted by Gasteiger charge is 2.31. The molecule has 2 fully saturated rings. The summed E-state index contributed by atoms with van der Waals surface area (Å²) >= 11 is 1.60. The van der Waals surface area contributed by atoms with Crippen molar-refractivity contribution >= 4 is 22.9 Å². The van der Waals surface area contributed by atoms with Crippen LogP contribution in [0.15, 0.2) is 29.6 Å². The molecule has 2 aliphatic heterocycles. The van der Waals surface area contributed by atoms with Crippen LogP contribution in [-0.2, 0) is 0 Å². The van der Waals surface area contributed by atoms with Gasteiger partial charge in [0.15, 0.2) is 0 Å². The summed E-state index contributed by atoms with van der Waals surface area (Å²) in [6.45, 7) is 12.4. The lowest BCUT2D eigenvalue weighted by molar-refractivity contribution is 0.0559. The van der Waals surface area contributed by atoms with E-state index in [9.17, 15) is 4.79 Å². The summed E-state index contributed by atoms with van der Waals surface area (Å²) in [5, 5.41) is 2.98. The first kappa shape index (κ1) is 20.4. The van der Waals surface area contributed by atoms with E-state index < -0.39 is 0 Å². The van der Waals surface area contributed by atoms with Crippen molar-refractivity contribution < 1.29 is 4.79 Å². The van der Waals surface area contributed by atoms with Gasteiger partial charge in [-0.2, -0.15) is 0 Å². The van der Waals surface area contributed by atoms with Crippen molar-refractivity contribution in [3.63, 3.8) is 0 Å². The number of likely N-dealkylation sites (tertiary alicyclic amines) is 1. The average Bonchev–Trinajstić information content (AvgIpc) is 3.25. The number of carbonyl (C=O) groups excluding carboxylic acids is 1. The Balaban J connectivity index is 1.35. The molecule has 3 heterocycles. The zero-order valence-electron chi connectivity index (χ0n) is 17.8. The van der Waals surface area contributed by atoms with Crippen LogP contribution in [0.2, 0.25) is 0 Å². The van der Waals surface area contributed by atoms with Crippen LogP contribution in [0.3, 0.4) is 0 Å². The number of piperazine rings is 1. The number of nitrogens with zero attached hydrogens (tertiary/aromatic N) is 4. The van der Waals surface area contributed by atoms with Crippen molar-refractivity contribution in [3.8, 4) is 0 Å². The Labute approximate surface area is 178 Å². The predicted octanol–water partition coefficient (Wildman–Crippen LogP) is 4.00. The quantitative estimate of drug-likeness (QED) is 0.761. The Morgan fingerprint density at radius 3 is 2.59 bits per heavy atom. The fraction of sp³-hybridized carbons (Fsp3) is 0.565. The molecule has 2 saturated heterocycles. The van der Waals surface area contributed by atoms with E-state index >= 15 is 0 Å². The molecule has 4 rings (SSSR count). The minimum Gasteiger partial charge on any atom is -0.369 e. The summed E-state index contributed by atoms with van der Waals surface area (Å²) < 4.78 is 0. The van der Waals surface area contributed by atoms with Crippen molar-refractivity contribution in [2.24, 2.45) is 0 Å². The number of piperidine rings is 1. The lowest BCUT2D eigenvalue weighted by atomic mass is 10.0. The minimum absolute atomic E-state index is 0.108. The topological polar surface area (TPSA) is 39.7 Å². The van der Waals surface area contributed by atoms with Gasteiger partial charge in [0, 0.05) is 62.3 Å². The number of anilines is 1. The molecule has 1 aromatic heterocycles. The smallest absolute Gasteiger partial charge is 0.273 e. The number of carbonyl (C=O) groups is 1. The normalized spacial score (nSPS) is 21.0. The first-order valence-corrected chi connectivity index (χ1v) is 11.7. The number of aryl methyl sites for hydroxylation is 1. The summed E-state index contributed by atoms with van der Waals surface area (Å²) in [4.78, 5) is 24.7. The van der Waals surface area contributed by atoms with Gasteiger partial charge in [-0.3, -0.25) is 9.69 Å². The fourth-order valence-corrected chi connectivity index (χ4v) is 5.31. The Morgan fingerprint density at radius 1 is 1.14 bits per heavy atom. The molecule has 0 bridgehead atoms. The van der Waals surface area contributed by atoms with Crippen LogP contribution in [0.5, 0.6) is 0 Å². The number of thiazole rings is 1. The van der Waals surface area contributed by atoms with Crippen LogP contribution in [0.1, 0.15) is 53.7 Å². The number of benzene rings is 1. The van der Waals surface area contributed by atoms with Gasteiger partial charge >= 0.3 is 0 Å². The van der Waals surface area contributed by atoms with Gasteiger partial charge in [-0.15, -0.1) is 11.3 Å². The molecule has 0 unspecified atom stereocenters. The lowest BCUT2D eigenvalue weighted by Crippen LogP contribution is -2.56. The van der Waals surface area contributed by atoms with Crippen molar-refractivity contribution in [1.82, 2.24) is 14.8 Å². The SMILES string of the molecule is Cc1ccccc1N1CCN([C@H]2CCCN(C(=O)c3csc(C(C)C)n3)C2)CC1. The maximum atomic E-state index is 13.0. The standard InChI is InChI=1S/C23H32N4OS/c1-17(2)22-24-20(16-29-22)23(28)27-10-6-8-19(15-27)25-11-13-26(14-12-25)21-9-5-4-7-18(21)3/h4-5,7,9,16-17,19H,6,8,10-15H2,1-3H3/t19-/m0/s1. The molecule has 0 aliphatic carbocycles. The molecule has 2 aliphatic rings. The highest BCUT2D eigenvalue weighted by atomic mass is 32.1. The van der Waals surface area contributed by atoms with Gasteiger partial charge in [-0.05, 0) is 31.4 Å². The monoisotopic (exact) mass is 412 g/mol. The van der Waals surface area contributed by atoms with Gasteiger partial charge in [-0.25, -0.2) is 4.98 Å². The van der Waals surface area contributed by atoms with Crippen molar-refractivity contribution in [1.29, 1.82) is 0 Å². The van der Waals surface area contributed by atoms with Gasteiger partial charge in [0.05, 0.1) is 5.01 Å². The maximum absolute atomic E-state index is 13.0. The number of rotatable bonds is 4. The van der Waals surface area contributed by atoms with Gasteiger partial charge in [0.25, 0.3) is 5.91 Å². The molecular formula is C23H32N4OS. The van der Waals surface area contributed by atoms with Crippen LogP contribution in [0, 0.1) is 6.92 Å². The largest absolute Gasteiger partial charge is 0.369 e. The highest BCUT2D eigenvalue weighted by Crippen LogP contribution is 2.25. The second kappa shape index (κ2) is 8.84. The van der Waals surface area contributed by atoms with E-state index in [1.54, 1.807) is 11.3 Å². The van der Waals surface area contributed by atoms with Crippen LogP contribution in [-0.4, -0.2) is 66.0 Å². The second-order valence-electron chi connectivity index (χ2n) is 8.58. The molecule has 0 spiro atoms. The summed E-state index contributed by atoms with van der Waals surface area (Å²) in [6, 6.07) is 9.12. The van der Waals surface area contributed by atoms with E-state index in [1.807, 2.05) is 10.3 Å². The van der Waals surface area contributed by atoms with E-state index in [1.165, 1.54) is 17.7 Å². The lowest BCUT2D eigenvalue weighted by Gasteiger charge is -2.44. The molecule has 29 heavy (non-hydrogen) atoms. The first-order chi connectivity index (χ1) is 14.0. The van der Waals surface area contributed by atoms with Crippen LogP contribution in [0.25, 0.3) is 0 Å². The van der Waals surface area contributed by atoms with Crippen molar-refractivity contribution in [2.45, 2.75) is 45.6 Å². The third kappa shape index (κ3) is 4.48. The number of amides is 1. The third-order valence-corrected chi connectivity index (χ3v) is 7.35. The Morgan fingerprint density at radius 2 is 1.90 bits per heavy atom. The van der Waals surface area contributed by atoms with Crippen LogP contribution < -0.4 is 4.90 Å². The molecule has 0 N–H and O–H groups in total. The molecule has 5 nitrogen and oxygen atoms in total. The summed E-state index contributed by atoms with van der Waals surface area (Å²) in [5.41, 5.74) is 3.33. The van der Waals surface area contributed by atoms with Gasteiger partial charge in [0.1, 0.15) is 5.69 Å². The molecule has 0 radical (unpaired) electrons. The van der Waals surface area contributed by atoms with Gasteiger partial charge in [-0.1, -0.05) is 32.0 Å². The van der Waals surface area contributed by atoms with Crippen molar-refractivity contribution in [3.05, 3.63) is 45.9 Å². The summed E-state index contributed by atoms with van der Waals surface area (Å²) in [5.74, 6) is 0.483. The molecule has 6 heteroatoms. The predicted molar refractivity (Wildman–Crippen MR) is 120 cm³/mol. The Kier molecular flexibility index (Phi) is 6.20. The number of para-hydroxylation sites is 1. The van der Waals surface area contributed by atoms with Crippen LogP contribution in [0.4, 0.5) is 5.69 Å². The van der Waals surface area contributed by atoms with Crippen molar-refractivity contribution in [2.75, 3.05) is 44.2 Å². The van der Waals surface area contributed by atoms with E-state index in [0.29, 0.717) is 17.7 Å². The highest BCUT2D eigenvalue weighted by molar-refractivity contribution is 7.09. The fourth-order valence-electron chi connectivity index (χ4n) is 4.50. The number of hydrogen-bond donors (Lipinski definition) is 0. The average molecular weight is 413 g/mol. The zero-order chi connectivity index (χ0) is 20.4. The number of hydrogen-bond acceptors (Lipinski definition) is 5. The maximum Gasteiger partial charge on any atom is 0.273 e. The molecule has 1 aromatic carbocycles. The van der Waals surface area contributed by atoms with E-state index in [0.717, 1.165) is 50.7 Å². The Bertz CT molecular complexity index is 841. The summed E-state index contributed by atoms with van der Waals surface area (Å²) in [7, 11) is 0. The first-order valence-electron chi connectivity index (χ1n) is 10.8. The zero-order valence-corrected chi connectivity index (χ0v) is 18.6. The minimum atomic E-state index is 0.108. The molecule has 1 amide bonds.